The van der Waals surface area contributed by atoms with Crippen LogP contribution in [0.1, 0.15) is 66.9 Å². The van der Waals surface area contributed by atoms with Gasteiger partial charge < -0.3 is 0 Å². The van der Waals surface area contributed by atoms with Crippen molar-refractivity contribution in [2.45, 2.75) is 58.8 Å². The van der Waals surface area contributed by atoms with Crippen molar-refractivity contribution in [1.82, 2.24) is 5.48 Å². The molecule has 0 saturated heterocycles. The predicted octanol–water partition coefficient (Wildman–Crippen LogP) is 3.59. The fourth-order valence-corrected chi connectivity index (χ4v) is 3.27. The van der Waals surface area contributed by atoms with E-state index in [0.717, 1.165) is 44.1 Å². The molecule has 0 fully saturated rings. The molecule has 1 aromatic rings. The van der Waals surface area contributed by atoms with Crippen molar-refractivity contribution in [2.75, 3.05) is 0 Å². The van der Waals surface area contributed by atoms with Crippen molar-refractivity contribution < 1.29 is 14.8 Å². The van der Waals surface area contributed by atoms with E-state index >= 15 is 0 Å². The summed E-state index contributed by atoms with van der Waals surface area (Å²) >= 11 is 0. The molecule has 0 heterocycles. The van der Waals surface area contributed by atoms with E-state index in [1.54, 1.807) is 5.48 Å². The molecule has 0 spiro atoms. The number of unbranched alkanes of at least 4 members (excludes halogenated alkanes) is 2. The number of carbonyl (C=O) groups is 2. The van der Waals surface area contributed by atoms with Crippen molar-refractivity contribution in [1.29, 1.82) is 0 Å². The van der Waals surface area contributed by atoms with Crippen LogP contribution < -0.4 is 5.48 Å². The number of carbonyl (C=O) groups excluding carboxylic acids is 2. The van der Waals surface area contributed by atoms with Gasteiger partial charge in [-0.3, -0.25) is 14.8 Å². The molecule has 2 N–H and O–H groups in total. The largest absolute Gasteiger partial charge is 0.294 e. The Morgan fingerprint density at radius 3 is 2.82 bits per heavy atom. The Bertz CT molecular complexity index is 567. The first-order valence-electron chi connectivity index (χ1n) is 8.03. The van der Waals surface area contributed by atoms with E-state index in [2.05, 4.69) is 19.9 Å². The third kappa shape index (κ3) is 3.74. The third-order valence-corrected chi connectivity index (χ3v) is 4.76. The highest BCUT2D eigenvalue weighted by Gasteiger charge is 2.37. The van der Waals surface area contributed by atoms with Crippen molar-refractivity contribution in [3.8, 4) is 0 Å². The van der Waals surface area contributed by atoms with Gasteiger partial charge in [0.1, 0.15) is 0 Å². The highest BCUT2D eigenvalue weighted by atomic mass is 16.5. The Labute approximate surface area is 131 Å². The zero-order valence-electron chi connectivity index (χ0n) is 13.4. The molecule has 2 rings (SSSR count). The van der Waals surface area contributed by atoms with Gasteiger partial charge in [-0.2, -0.15) is 0 Å². The number of hydrogen-bond donors (Lipinski definition) is 2. The molecule has 1 aliphatic carbocycles. The molecule has 1 unspecified atom stereocenters. The number of aryl methyl sites for hydroxylation is 2. The van der Waals surface area contributed by atoms with Crippen molar-refractivity contribution in [2.24, 2.45) is 5.41 Å². The first-order chi connectivity index (χ1) is 10.5. The summed E-state index contributed by atoms with van der Waals surface area (Å²) in [6.07, 6.45) is 5.64. The summed E-state index contributed by atoms with van der Waals surface area (Å²) in [7, 11) is 0. The number of ketones is 1. The summed E-state index contributed by atoms with van der Waals surface area (Å²) in [5.74, 6) is -0.0777. The molecule has 1 aliphatic rings. The van der Waals surface area contributed by atoms with E-state index in [0.29, 0.717) is 6.42 Å². The number of amides is 1. The maximum absolute atomic E-state index is 12.8. The van der Waals surface area contributed by atoms with E-state index in [-0.39, 0.29) is 17.1 Å². The van der Waals surface area contributed by atoms with Crippen LogP contribution >= 0.6 is 0 Å². The monoisotopic (exact) mass is 303 g/mol. The van der Waals surface area contributed by atoms with Crippen LogP contribution in [0.2, 0.25) is 0 Å². The summed E-state index contributed by atoms with van der Waals surface area (Å²) in [5, 5.41) is 8.44. The van der Waals surface area contributed by atoms with Crippen LogP contribution in [0.3, 0.4) is 0 Å². The fraction of sp³-hybridized carbons (Fsp3) is 0.556. The van der Waals surface area contributed by atoms with Gasteiger partial charge in [-0.05, 0) is 38.2 Å². The topological polar surface area (TPSA) is 66.4 Å². The third-order valence-electron chi connectivity index (χ3n) is 4.76. The first kappa shape index (κ1) is 16.7. The minimum absolute atomic E-state index is 0.266. The van der Waals surface area contributed by atoms with Crippen LogP contribution in [0.25, 0.3) is 0 Å². The minimum atomic E-state index is -0.343. The second kappa shape index (κ2) is 7.05. The van der Waals surface area contributed by atoms with E-state index < -0.39 is 0 Å². The van der Waals surface area contributed by atoms with Gasteiger partial charge in [0.05, 0.1) is 0 Å². The lowest BCUT2D eigenvalue weighted by Gasteiger charge is -2.33. The summed E-state index contributed by atoms with van der Waals surface area (Å²) < 4.78 is 0. The molecule has 0 aromatic heterocycles. The summed E-state index contributed by atoms with van der Waals surface area (Å²) in [5.41, 5.74) is 4.64. The van der Waals surface area contributed by atoms with Gasteiger partial charge in [0.15, 0.2) is 5.78 Å². The van der Waals surface area contributed by atoms with Gasteiger partial charge in [-0.25, -0.2) is 5.48 Å². The number of hydroxylamine groups is 1. The molecule has 1 aromatic carbocycles. The normalized spacial score (nSPS) is 20.6. The summed E-state index contributed by atoms with van der Waals surface area (Å²) in [6, 6.07) is 6.10. The lowest BCUT2D eigenvalue weighted by atomic mass is 9.69. The number of nitrogens with one attached hydrogen (secondary N) is 1. The highest BCUT2D eigenvalue weighted by Crippen LogP contribution is 2.39. The number of Topliss-reactive ketones (excluding diaryl/α,β-unsaturated/α-hetero) is 1. The lowest BCUT2D eigenvalue weighted by molar-refractivity contribution is -0.129. The van der Waals surface area contributed by atoms with Gasteiger partial charge in [0.2, 0.25) is 5.91 Å². The second-order valence-electron chi connectivity index (χ2n) is 6.65. The Kier molecular flexibility index (Phi) is 5.35. The number of rotatable bonds is 6. The van der Waals surface area contributed by atoms with Crippen LogP contribution in [0.5, 0.6) is 0 Å². The quantitative estimate of drug-likeness (QED) is 0.479. The SMILES string of the molecule is Cc1ccc2c(c1)CCC(C)(CCCCCC(=O)NO)C2=O. The van der Waals surface area contributed by atoms with Gasteiger partial charge in [0, 0.05) is 17.4 Å². The van der Waals surface area contributed by atoms with Gasteiger partial charge in [-0.1, -0.05) is 43.5 Å². The second-order valence-corrected chi connectivity index (χ2v) is 6.65. The maximum Gasteiger partial charge on any atom is 0.243 e. The van der Waals surface area contributed by atoms with Crippen molar-refractivity contribution >= 4 is 11.7 Å². The number of hydrogen-bond acceptors (Lipinski definition) is 3. The molecule has 4 nitrogen and oxygen atoms in total. The molecule has 0 bridgehead atoms. The van der Waals surface area contributed by atoms with Crippen molar-refractivity contribution in [3.63, 3.8) is 0 Å². The predicted molar refractivity (Wildman–Crippen MR) is 85.0 cm³/mol. The van der Waals surface area contributed by atoms with Crippen LogP contribution in [-0.2, 0) is 11.2 Å². The molecular formula is C18H25NO3. The maximum atomic E-state index is 12.8. The molecule has 0 saturated carbocycles. The van der Waals surface area contributed by atoms with Crippen molar-refractivity contribution in [3.05, 3.63) is 34.9 Å². The minimum Gasteiger partial charge on any atom is -0.294 e. The molecule has 120 valence electrons. The molecular weight excluding hydrogens is 278 g/mol. The fourth-order valence-electron chi connectivity index (χ4n) is 3.27. The van der Waals surface area contributed by atoms with E-state index in [1.165, 1.54) is 11.1 Å². The highest BCUT2D eigenvalue weighted by molar-refractivity contribution is 6.02. The zero-order valence-corrected chi connectivity index (χ0v) is 13.4. The molecule has 4 heteroatoms. The van der Waals surface area contributed by atoms with Gasteiger partial charge >= 0.3 is 0 Å². The van der Waals surface area contributed by atoms with Gasteiger partial charge in [0.25, 0.3) is 0 Å². The van der Waals surface area contributed by atoms with Crippen LogP contribution in [0, 0.1) is 12.3 Å². The Morgan fingerprint density at radius 1 is 1.32 bits per heavy atom. The van der Waals surface area contributed by atoms with Gasteiger partial charge in [-0.15, -0.1) is 0 Å². The van der Waals surface area contributed by atoms with E-state index in [1.807, 2.05) is 12.1 Å². The van der Waals surface area contributed by atoms with Crippen LogP contribution in [-0.4, -0.2) is 16.9 Å². The summed E-state index contributed by atoms with van der Waals surface area (Å²) in [4.78, 5) is 23.7. The lowest BCUT2D eigenvalue weighted by Crippen LogP contribution is -2.33. The first-order valence-corrected chi connectivity index (χ1v) is 8.03. The Morgan fingerprint density at radius 2 is 2.09 bits per heavy atom. The molecule has 0 aliphatic heterocycles. The number of benzene rings is 1. The zero-order chi connectivity index (χ0) is 16.2. The number of fused-ring (bicyclic) bond motifs is 1. The molecule has 1 amide bonds. The smallest absolute Gasteiger partial charge is 0.243 e. The Balaban J connectivity index is 1.90. The molecule has 0 radical (unpaired) electrons. The Hall–Kier alpha value is -1.68. The standard InChI is InChI=1S/C18H25NO3/c1-13-7-8-15-14(12-13)9-11-18(2,17(15)21)10-5-3-4-6-16(20)19-22/h7-8,12,22H,3-6,9-11H2,1-2H3,(H,19,20). The average molecular weight is 303 g/mol. The average Bonchev–Trinajstić information content (AvgIpc) is 2.51. The molecule has 1 atom stereocenters. The van der Waals surface area contributed by atoms with Crippen LogP contribution in [0.15, 0.2) is 18.2 Å². The molecule has 22 heavy (non-hydrogen) atoms. The van der Waals surface area contributed by atoms with Crippen LogP contribution in [0.4, 0.5) is 0 Å². The van der Waals surface area contributed by atoms with E-state index in [4.69, 9.17) is 5.21 Å². The summed E-state index contributed by atoms with van der Waals surface area (Å²) in [6.45, 7) is 4.12. The van der Waals surface area contributed by atoms with E-state index in [9.17, 15) is 9.59 Å².